The first kappa shape index (κ1) is 23.2. The van der Waals surface area contributed by atoms with E-state index in [9.17, 15) is 9.59 Å². The van der Waals surface area contributed by atoms with Crippen LogP contribution in [0.1, 0.15) is 56.6 Å². The number of carbonyl (C=O) groups is 2. The average Bonchev–Trinajstić information content (AvgIpc) is 3.47. The van der Waals surface area contributed by atoms with Gasteiger partial charge in [0.25, 0.3) is 11.8 Å². The number of fused-ring (bicyclic) bond motifs is 1. The largest absolute Gasteiger partial charge is 0.349 e. The van der Waals surface area contributed by atoms with E-state index in [4.69, 9.17) is 4.98 Å². The molecule has 8 heteroatoms. The molecule has 0 spiro atoms. The number of carbonyl (C=O) groups excluding carboxylic acids is 2. The van der Waals surface area contributed by atoms with Crippen LogP contribution in [0.3, 0.4) is 0 Å². The molecular weight excluding hydrogens is 458 g/mol. The molecule has 0 aliphatic heterocycles. The maximum atomic E-state index is 12.8. The number of thiophene rings is 1. The minimum atomic E-state index is -0.0508. The highest BCUT2D eigenvalue weighted by atomic mass is 32.1. The zero-order valence-corrected chi connectivity index (χ0v) is 21.0. The van der Waals surface area contributed by atoms with E-state index in [0.717, 1.165) is 58.0 Å². The zero-order chi connectivity index (χ0) is 24.5. The number of nitrogens with zero attached hydrogens (tertiary/aromatic N) is 4. The number of aryl methyl sites for hydroxylation is 1. The fourth-order valence-electron chi connectivity index (χ4n) is 4.88. The molecule has 0 radical (unpaired) electrons. The van der Waals surface area contributed by atoms with Gasteiger partial charge in [-0.1, -0.05) is 6.07 Å². The minimum Gasteiger partial charge on any atom is -0.349 e. The summed E-state index contributed by atoms with van der Waals surface area (Å²) in [5, 5.41) is 3.26. The van der Waals surface area contributed by atoms with Gasteiger partial charge in [-0.2, -0.15) is 0 Å². The number of aromatic nitrogens is 3. The third kappa shape index (κ3) is 4.71. The van der Waals surface area contributed by atoms with E-state index in [-0.39, 0.29) is 23.9 Å². The van der Waals surface area contributed by atoms with Crippen LogP contribution in [0.4, 0.5) is 0 Å². The standard InChI is InChI=1S/C27H29N5O2S/c1-17-10-13-24(35-17)26(33)29-19-7-6-8-20(16-19)32-23-12-11-18(27(34)31(2)3)15-22(23)30-25(32)21-9-4-5-14-28-21/h4-5,9-15,19-20H,6-8,16H2,1-3H3,(H,29,33). The van der Waals surface area contributed by atoms with Gasteiger partial charge < -0.3 is 14.8 Å². The van der Waals surface area contributed by atoms with E-state index >= 15 is 0 Å². The molecule has 3 heterocycles. The van der Waals surface area contributed by atoms with Crippen LogP contribution in [0.15, 0.2) is 54.7 Å². The molecule has 2 unspecified atom stereocenters. The van der Waals surface area contributed by atoms with E-state index in [1.807, 2.05) is 55.5 Å². The fraction of sp³-hybridized carbons (Fsp3) is 0.333. The summed E-state index contributed by atoms with van der Waals surface area (Å²) in [5.41, 5.74) is 3.16. The number of hydrogen-bond acceptors (Lipinski definition) is 5. The van der Waals surface area contributed by atoms with Gasteiger partial charge in [0.15, 0.2) is 5.82 Å². The molecule has 2 atom stereocenters. The zero-order valence-electron chi connectivity index (χ0n) is 20.2. The predicted octanol–water partition coefficient (Wildman–Crippen LogP) is 5.08. The van der Waals surface area contributed by atoms with Crippen LogP contribution in [-0.4, -0.2) is 51.4 Å². The van der Waals surface area contributed by atoms with Crippen molar-refractivity contribution in [1.82, 2.24) is 24.8 Å². The molecule has 4 aromatic rings. The van der Waals surface area contributed by atoms with Gasteiger partial charge in [0.1, 0.15) is 5.69 Å². The number of benzene rings is 1. The first-order chi connectivity index (χ1) is 16.9. The monoisotopic (exact) mass is 487 g/mol. The Bertz CT molecular complexity index is 1370. The summed E-state index contributed by atoms with van der Waals surface area (Å²) >= 11 is 1.52. The van der Waals surface area contributed by atoms with Crippen molar-refractivity contribution in [1.29, 1.82) is 0 Å². The van der Waals surface area contributed by atoms with Crippen LogP contribution >= 0.6 is 11.3 Å². The predicted molar refractivity (Wildman–Crippen MR) is 139 cm³/mol. The van der Waals surface area contributed by atoms with Gasteiger partial charge in [0.2, 0.25) is 0 Å². The second kappa shape index (κ2) is 9.62. The van der Waals surface area contributed by atoms with Crippen molar-refractivity contribution in [3.63, 3.8) is 0 Å². The Morgan fingerprint density at radius 2 is 1.97 bits per heavy atom. The number of hydrogen-bond donors (Lipinski definition) is 1. The lowest BCUT2D eigenvalue weighted by Gasteiger charge is -2.32. The van der Waals surface area contributed by atoms with Gasteiger partial charge >= 0.3 is 0 Å². The molecule has 2 amide bonds. The molecule has 180 valence electrons. The summed E-state index contributed by atoms with van der Waals surface area (Å²) in [6.07, 6.45) is 5.55. The third-order valence-electron chi connectivity index (χ3n) is 6.55. The molecule has 1 aromatic carbocycles. The number of nitrogens with one attached hydrogen (secondary N) is 1. The highest BCUT2D eigenvalue weighted by Crippen LogP contribution is 2.36. The quantitative estimate of drug-likeness (QED) is 0.426. The van der Waals surface area contributed by atoms with Crippen molar-refractivity contribution in [3.05, 3.63) is 70.0 Å². The summed E-state index contributed by atoms with van der Waals surface area (Å²) in [6, 6.07) is 15.7. The van der Waals surface area contributed by atoms with Gasteiger partial charge in [0.05, 0.1) is 15.9 Å². The molecule has 1 saturated carbocycles. The molecular formula is C27H29N5O2S. The lowest BCUT2D eigenvalue weighted by molar-refractivity contribution is 0.0827. The van der Waals surface area contributed by atoms with E-state index in [1.54, 1.807) is 25.2 Å². The van der Waals surface area contributed by atoms with Crippen LogP contribution in [0.25, 0.3) is 22.6 Å². The van der Waals surface area contributed by atoms with Crippen LogP contribution in [0.5, 0.6) is 0 Å². The molecule has 35 heavy (non-hydrogen) atoms. The SMILES string of the molecule is Cc1ccc(C(=O)NC2CCCC(n3c(-c4ccccn4)nc4cc(C(=O)N(C)C)ccc43)C2)s1. The Hall–Kier alpha value is -3.52. The van der Waals surface area contributed by atoms with Gasteiger partial charge in [-0.25, -0.2) is 4.98 Å². The summed E-state index contributed by atoms with van der Waals surface area (Å²) in [6.45, 7) is 2.01. The Labute approximate surface area is 208 Å². The van der Waals surface area contributed by atoms with Gasteiger partial charge in [-0.05, 0) is 75.1 Å². The Morgan fingerprint density at radius 3 is 2.69 bits per heavy atom. The second-order valence-electron chi connectivity index (χ2n) is 9.32. The molecule has 1 aliphatic carbocycles. The number of rotatable bonds is 5. The molecule has 1 N–H and O–H groups in total. The number of imidazole rings is 1. The highest BCUT2D eigenvalue weighted by Gasteiger charge is 2.29. The van der Waals surface area contributed by atoms with Gasteiger partial charge in [-0.3, -0.25) is 14.6 Å². The van der Waals surface area contributed by atoms with Crippen molar-refractivity contribution in [2.24, 2.45) is 0 Å². The Kier molecular flexibility index (Phi) is 6.38. The summed E-state index contributed by atoms with van der Waals surface area (Å²) in [7, 11) is 3.50. The molecule has 7 nitrogen and oxygen atoms in total. The average molecular weight is 488 g/mol. The Morgan fingerprint density at radius 1 is 1.11 bits per heavy atom. The summed E-state index contributed by atoms with van der Waals surface area (Å²) in [4.78, 5) is 38.3. The van der Waals surface area contributed by atoms with E-state index in [1.165, 1.54) is 11.3 Å². The van der Waals surface area contributed by atoms with Crippen LogP contribution < -0.4 is 5.32 Å². The molecule has 1 fully saturated rings. The van der Waals surface area contributed by atoms with Crippen molar-refractivity contribution in [3.8, 4) is 11.5 Å². The minimum absolute atomic E-state index is 0.000952. The number of pyridine rings is 1. The number of amides is 2. The van der Waals surface area contributed by atoms with Gasteiger partial charge in [-0.15, -0.1) is 11.3 Å². The molecule has 0 bridgehead atoms. The normalized spacial score (nSPS) is 17.9. The maximum Gasteiger partial charge on any atom is 0.261 e. The van der Waals surface area contributed by atoms with E-state index in [2.05, 4.69) is 14.9 Å². The maximum absolute atomic E-state index is 12.8. The van der Waals surface area contributed by atoms with Crippen LogP contribution in [0.2, 0.25) is 0 Å². The summed E-state index contributed by atoms with van der Waals surface area (Å²) < 4.78 is 2.26. The lowest BCUT2D eigenvalue weighted by Crippen LogP contribution is -2.38. The van der Waals surface area contributed by atoms with Crippen LogP contribution in [0, 0.1) is 6.92 Å². The third-order valence-corrected chi connectivity index (χ3v) is 7.55. The molecule has 3 aromatic heterocycles. The smallest absolute Gasteiger partial charge is 0.261 e. The van der Waals surface area contributed by atoms with Crippen molar-refractivity contribution in [2.75, 3.05) is 14.1 Å². The van der Waals surface area contributed by atoms with Gasteiger partial charge in [0, 0.05) is 42.8 Å². The first-order valence-electron chi connectivity index (χ1n) is 11.9. The summed E-state index contributed by atoms with van der Waals surface area (Å²) in [5.74, 6) is 0.743. The van der Waals surface area contributed by atoms with E-state index in [0.29, 0.717) is 5.56 Å². The molecule has 0 saturated heterocycles. The topological polar surface area (TPSA) is 80.1 Å². The first-order valence-corrected chi connectivity index (χ1v) is 12.7. The molecule has 1 aliphatic rings. The Balaban J connectivity index is 1.50. The van der Waals surface area contributed by atoms with Crippen molar-refractivity contribution < 1.29 is 9.59 Å². The molecule has 5 rings (SSSR count). The van der Waals surface area contributed by atoms with Crippen molar-refractivity contribution >= 4 is 34.2 Å². The highest BCUT2D eigenvalue weighted by molar-refractivity contribution is 7.13. The van der Waals surface area contributed by atoms with Crippen LogP contribution in [-0.2, 0) is 0 Å². The van der Waals surface area contributed by atoms with Crippen molar-refractivity contribution in [2.45, 2.75) is 44.7 Å². The van der Waals surface area contributed by atoms with E-state index < -0.39 is 0 Å². The fourth-order valence-corrected chi connectivity index (χ4v) is 5.65. The second-order valence-corrected chi connectivity index (χ2v) is 10.6. The lowest BCUT2D eigenvalue weighted by atomic mass is 9.90.